The summed E-state index contributed by atoms with van der Waals surface area (Å²) in [6.07, 6.45) is 0.778. The molecular formula is C22H31NO2SSi. The number of hydrogen-bond acceptors (Lipinski definition) is 2. The SMILES string of the molecule is CC(C)(C)[S@@](=O)N[C@@]1(c2ccccc2)C[C@]1(O[Si](C)(C)C)c1ccccc1. The summed E-state index contributed by atoms with van der Waals surface area (Å²) >= 11 is 0. The Morgan fingerprint density at radius 1 is 0.926 bits per heavy atom. The van der Waals surface area contributed by atoms with E-state index in [1.807, 2.05) is 45.0 Å². The van der Waals surface area contributed by atoms with Gasteiger partial charge >= 0.3 is 0 Å². The summed E-state index contributed by atoms with van der Waals surface area (Å²) in [5, 5.41) is 0. The van der Waals surface area contributed by atoms with Crippen LogP contribution in [-0.4, -0.2) is 17.3 Å². The molecule has 0 unspecified atom stereocenters. The van der Waals surface area contributed by atoms with Gasteiger partial charge in [0.15, 0.2) is 8.32 Å². The van der Waals surface area contributed by atoms with Crippen LogP contribution in [0.3, 0.4) is 0 Å². The van der Waals surface area contributed by atoms with Crippen molar-refractivity contribution in [3.8, 4) is 0 Å². The third kappa shape index (κ3) is 3.97. The Morgan fingerprint density at radius 3 is 1.85 bits per heavy atom. The van der Waals surface area contributed by atoms with E-state index >= 15 is 0 Å². The van der Waals surface area contributed by atoms with Crippen molar-refractivity contribution in [2.75, 3.05) is 0 Å². The first-order valence-corrected chi connectivity index (χ1v) is 14.1. The van der Waals surface area contributed by atoms with Crippen LogP contribution in [0.4, 0.5) is 0 Å². The van der Waals surface area contributed by atoms with Crippen molar-refractivity contribution in [2.24, 2.45) is 0 Å². The Hall–Kier alpha value is -1.27. The Labute approximate surface area is 167 Å². The second kappa shape index (κ2) is 6.96. The molecule has 0 spiro atoms. The Bertz CT molecular complexity index is 814. The minimum atomic E-state index is -1.87. The molecule has 0 saturated heterocycles. The first-order chi connectivity index (χ1) is 12.5. The quantitative estimate of drug-likeness (QED) is 0.685. The van der Waals surface area contributed by atoms with Gasteiger partial charge in [-0.05, 0) is 51.5 Å². The Kier molecular flexibility index (Phi) is 5.27. The lowest BCUT2D eigenvalue weighted by molar-refractivity contribution is 0.137. The monoisotopic (exact) mass is 401 g/mol. The van der Waals surface area contributed by atoms with Crippen LogP contribution in [0.1, 0.15) is 38.3 Å². The average Bonchev–Trinajstić information content (AvgIpc) is 3.22. The highest BCUT2D eigenvalue weighted by Crippen LogP contribution is 2.65. The highest BCUT2D eigenvalue weighted by Gasteiger charge is 2.72. The van der Waals surface area contributed by atoms with Crippen molar-refractivity contribution in [1.29, 1.82) is 0 Å². The van der Waals surface area contributed by atoms with E-state index in [4.69, 9.17) is 4.43 Å². The molecule has 27 heavy (non-hydrogen) atoms. The first kappa shape index (κ1) is 20.5. The van der Waals surface area contributed by atoms with Gasteiger partial charge in [-0.2, -0.15) is 0 Å². The molecule has 1 N–H and O–H groups in total. The van der Waals surface area contributed by atoms with Gasteiger partial charge in [0.1, 0.15) is 5.60 Å². The number of hydrogen-bond donors (Lipinski definition) is 1. The summed E-state index contributed by atoms with van der Waals surface area (Å²) in [5.74, 6) is 0. The van der Waals surface area contributed by atoms with Crippen molar-refractivity contribution < 1.29 is 8.63 Å². The van der Waals surface area contributed by atoms with Crippen molar-refractivity contribution in [1.82, 2.24) is 4.72 Å². The van der Waals surface area contributed by atoms with E-state index in [0.717, 1.165) is 17.5 Å². The molecule has 0 heterocycles. The summed E-state index contributed by atoms with van der Waals surface area (Å²) in [7, 11) is -3.08. The molecule has 0 radical (unpaired) electrons. The number of nitrogens with one attached hydrogen (secondary N) is 1. The van der Waals surface area contributed by atoms with E-state index in [9.17, 15) is 4.21 Å². The molecule has 1 saturated carbocycles. The molecule has 0 aromatic heterocycles. The molecule has 2 aromatic carbocycles. The van der Waals surface area contributed by atoms with Crippen molar-refractivity contribution in [3.63, 3.8) is 0 Å². The molecule has 1 aliphatic rings. The second-order valence-corrected chi connectivity index (χ2v) is 15.7. The lowest BCUT2D eigenvalue weighted by Crippen LogP contribution is -2.47. The fourth-order valence-electron chi connectivity index (χ4n) is 3.64. The summed E-state index contributed by atoms with van der Waals surface area (Å²) in [6.45, 7) is 12.6. The molecule has 5 heteroatoms. The number of benzene rings is 2. The van der Waals surface area contributed by atoms with Crippen molar-refractivity contribution in [2.45, 2.75) is 62.7 Å². The van der Waals surface area contributed by atoms with Gasteiger partial charge in [0, 0.05) is 6.42 Å². The molecule has 0 amide bonds. The van der Waals surface area contributed by atoms with Crippen LogP contribution >= 0.6 is 0 Å². The highest BCUT2D eigenvalue weighted by atomic mass is 32.2. The smallest absolute Gasteiger partial charge is 0.185 e. The average molecular weight is 402 g/mol. The lowest BCUT2D eigenvalue weighted by atomic mass is 9.97. The molecular weight excluding hydrogens is 370 g/mol. The fraction of sp³-hybridized carbons (Fsp3) is 0.455. The van der Waals surface area contributed by atoms with Crippen LogP contribution in [0.15, 0.2) is 60.7 Å². The lowest BCUT2D eigenvalue weighted by Gasteiger charge is -2.34. The zero-order valence-corrected chi connectivity index (χ0v) is 19.0. The van der Waals surface area contributed by atoms with Crippen LogP contribution in [0.2, 0.25) is 19.6 Å². The largest absolute Gasteiger partial charge is 0.406 e. The minimum Gasteiger partial charge on any atom is -0.406 e. The molecule has 0 bridgehead atoms. The third-order valence-electron chi connectivity index (χ3n) is 4.89. The van der Waals surface area contributed by atoms with Gasteiger partial charge in [0.2, 0.25) is 0 Å². The van der Waals surface area contributed by atoms with Gasteiger partial charge in [0.25, 0.3) is 0 Å². The second-order valence-electron chi connectivity index (χ2n) is 9.34. The molecule has 3 atom stereocenters. The predicted octanol–water partition coefficient (Wildman–Crippen LogP) is 5.08. The maximum Gasteiger partial charge on any atom is 0.185 e. The molecule has 146 valence electrons. The van der Waals surface area contributed by atoms with Crippen molar-refractivity contribution >= 4 is 19.3 Å². The molecule has 2 aromatic rings. The van der Waals surface area contributed by atoms with E-state index in [0.29, 0.717) is 0 Å². The zero-order valence-electron chi connectivity index (χ0n) is 17.2. The fourth-order valence-corrected chi connectivity index (χ4v) is 6.02. The molecule has 3 rings (SSSR count). The van der Waals surface area contributed by atoms with Gasteiger partial charge in [-0.3, -0.25) is 0 Å². The summed E-state index contributed by atoms with van der Waals surface area (Å²) in [4.78, 5) is 0. The summed E-state index contributed by atoms with van der Waals surface area (Å²) in [6, 6.07) is 20.7. The molecule has 1 aliphatic carbocycles. The van der Waals surface area contributed by atoms with Crippen LogP contribution < -0.4 is 4.72 Å². The normalized spacial score (nSPS) is 26.6. The first-order valence-electron chi connectivity index (χ1n) is 9.51. The van der Waals surface area contributed by atoms with E-state index in [-0.39, 0.29) is 4.75 Å². The van der Waals surface area contributed by atoms with Crippen molar-refractivity contribution in [3.05, 3.63) is 71.8 Å². The van der Waals surface area contributed by atoms with Gasteiger partial charge in [0.05, 0.1) is 21.3 Å². The topological polar surface area (TPSA) is 38.3 Å². The van der Waals surface area contributed by atoms with Crippen LogP contribution in [0.5, 0.6) is 0 Å². The maximum absolute atomic E-state index is 13.1. The standard InChI is InChI=1S/C22H31NO2SSi/c1-20(2,3)26(24)23-21(18-13-9-7-10-14-18)17-22(21,25-27(4,5)6)19-15-11-8-12-16-19/h7-16,23H,17H2,1-6H3/t21-,22+,26-/m1/s1. The van der Waals surface area contributed by atoms with Gasteiger partial charge in [-0.1, -0.05) is 60.7 Å². The molecule has 0 aliphatic heterocycles. The Balaban J connectivity index is 2.14. The van der Waals surface area contributed by atoms with Crippen LogP contribution in [0.25, 0.3) is 0 Å². The summed E-state index contributed by atoms with van der Waals surface area (Å²) < 4.78 is 23.1. The van der Waals surface area contributed by atoms with E-state index < -0.39 is 30.4 Å². The maximum atomic E-state index is 13.1. The van der Waals surface area contributed by atoms with Crippen LogP contribution in [-0.2, 0) is 26.6 Å². The summed E-state index contributed by atoms with van der Waals surface area (Å²) in [5.41, 5.74) is 1.29. The Morgan fingerprint density at radius 2 is 1.41 bits per heavy atom. The highest BCUT2D eigenvalue weighted by molar-refractivity contribution is 7.84. The van der Waals surface area contributed by atoms with E-state index in [1.165, 1.54) is 0 Å². The third-order valence-corrected chi connectivity index (χ3v) is 7.50. The zero-order chi connectivity index (χ0) is 19.9. The van der Waals surface area contributed by atoms with Gasteiger partial charge < -0.3 is 4.43 Å². The number of rotatable bonds is 6. The van der Waals surface area contributed by atoms with Crippen LogP contribution in [0, 0.1) is 0 Å². The van der Waals surface area contributed by atoms with E-state index in [2.05, 4.69) is 60.8 Å². The minimum absolute atomic E-state index is 0.355. The predicted molar refractivity (Wildman–Crippen MR) is 116 cm³/mol. The molecule has 1 fully saturated rings. The molecule has 3 nitrogen and oxygen atoms in total. The van der Waals surface area contributed by atoms with E-state index in [1.54, 1.807) is 0 Å². The van der Waals surface area contributed by atoms with Gasteiger partial charge in [-0.15, -0.1) is 0 Å². The van der Waals surface area contributed by atoms with Gasteiger partial charge in [-0.25, -0.2) is 8.93 Å².